The Labute approximate surface area is 119 Å². The maximum Gasteiger partial charge on any atom is -0.00992 e. The molecule has 0 saturated carbocycles. The number of rotatable bonds is 1. The Hall–Kier alpha value is -2.60. The Morgan fingerprint density at radius 2 is 0.650 bits per heavy atom. The summed E-state index contributed by atoms with van der Waals surface area (Å²) in [7, 11) is 0. The van der Waals surface area contributed by atoms with Gasteiger partial charge < -0.3 is 0 Å². The molecule has 94 valence electrons. The molecule has 0 aliphatic heterocycles. The van der Waals surface area contributed by atoms with Gasteiger partial charge in [-0.1, -0.05) is 84.9 Å². The second-order valence-corrected chi connectivity index (χ2v) is 5.05. The van der Waals surface area contributed by atoms with Gasteiger partial charge in [-0.25, -0.2) is 0 Å². The van der Waals surface area contributed by atoms with E-state index in [0.717, 1.165) is 0 Å². The lowest BCUT2D eigenvalue weighted by Crippen LogP contribution is -1.80. The molecule has 0 spiro atoms. The van der Waals surface area contributed by atoms with Gasteiger partial charge in [0.25, 0.3) is 0 Å². The van der Waals surface area contributed by atoms with Crippen LogP contribution < -0.4 is 0 Å². The lowest BCUT2D eigenvalue weighted by molar-refractivity contribution is 1.71. The van der Waals surface area contributed by atoms with Gasteiger partial charge in [0.1, 0.15) is 0 Å². The average Bonchev–Trinajstić information content (AvgIpc) is 3.01. The highest BCUT2D eigenvalue weighted by Gasteiger charge is 2.12. The SMILES string of the molecule is c1ccc(-c2ccccc3cccc2-3)c2cccc-2c1. The van der Waals surface area contributed by atoms with Crippen LogP contribution in [0.15, 0.2) is 84.9 Å². The molecule has 4 rings (SSSR count). The first-order valence-electron chi connectivity index (χ1n) is 6.89. The van der Waals surface area contributed by atoms with Crippen molar-refractivity contribution in [2.24, 2.45) is 0 Å². The van der Waals surface area contributed by atoms with E-state index in [1.54, 1.807) is 0 Å². The van der Waals surface area contributed by atoms with Crippen LogP contribution in [0.2, 0.25) is 0 Å². The van der Waals surface area contributed by atoms with Crippen LogP contribution in [-0.2, 0) is 0 Å². The average molecular weight is 254 g/mol. The predicted molar refractivity (Wildman–Crippen MR) is 85.1 cm³/mol. The number of hydrogen-bond acceptors (Lipinski definition) is 0. The maximum absolute atomic E-state index is 2.21. The molecule has 20 heavy (non-hydrogen) atoms. The maximum atomic E-state index is 2.21. The second-order valence-electron chi connectivity index (χ2n) is 5.05. The van der Waals surface area contributed by atoms with E-state index in [2.05, 4.69) is 84.9 Å². The second kappa shape index (κ2) is 4.50. The number of hydrogen-bond donors (Lipinski definition) is 0. The minimum absolute atomic E-state index is 1.29. The normalized spacial score (nSPS) is 11.0. The molecule has 0 atom stereocenters. The van der Waals surface area contributed by atoms with Gasteiger partial charge >= 0.3 is 0 Å². The third-order valence-electron chi connectivity index (χ3n) is 3.87. The molecule has 0 bridgehead atoms. The van der Waals surface area contributed by atoms with E-state index < -0.39 is 0 Å². The van der Waals surface area contributed by atoms with Crippen LogP contribution in [0.5, 0.6) is 0 Å². The largest absolute Gasteiger partial charge is 0.0616 e. The first-order valence-corrected chi connectivity index (χ1v) is 6.89. The number of fused-ring (bicyclic) bond motifs is 2. The Morgan fingerprint density at radius 1 is 0.300 bits per heavy atom. The van der Waals surface area contributed by atoms with Crippen molar-refractivity contribution >= 4 is 0 Å². The molecule has 0 N–H and O–H groups in total. The van der Waals surface area contributed by atoms with E-state index in [1.165, 1.54) is 33.4 Å². The third-order valence-corrected chi connectivity index (χ3v) is 3.87. The molecule has 0 heterocycles. The highest BCUT2D eigenvalue weighted by molar-refractivity contribution is 5.92. The molecular weight excluding hydrogens is 240 g/mol. The van der Waals surface area contributed by atoms with Crippen LogP contribution in [0.1, 0.15) is 0 Å². The van der Waals surface area contributed by atoms with E-state index in [4.69, 9.17) is 0 Å². The molecule has 0 nitrogen and oxygen atoms in total. The van der Waals surface area contributed by atoms with Gasteiger partial charge in [-0.2, -0.15) is 0 Å². The van der Waals surface area contributed by atoms with E-state index >= 15 is 0 Å². The summed E-state index contributed by atoms with van der Waals surface area (Å²) in [6.07, 6.45) is 0. The molecule has 0 saturated heterocycles. The molecule has 0 aromatic carbocycles. The minimum Gasteiger partial charge on any atom is -0.0616 e. The standard InChI is InChI=1S/C20H14/c1-3-11-19(17-13-5-9-15(17)7-1)20-12-4-2-8-16-10-6-14-18(16)20/h1-14H. The molecule has 0 fully saturated rings. The summed E-state index contributed by atoms with van der Waals surface area (Å²) in [6.45, 7) is 0. The molecule has 0 unspecified atom stereocenters. The van der Waals surface area contributed by atoms with Crippen molar-refractivity contribution in [3.05, 3.63) is 84.9 Å². The summed E-state index contributed by atoms with van der Waals surface area (Å²) in [6, 6.07) is 30.2. The fourth-order valence-corrected chi connectivity index (χ4v) is 2.92. The molecule has 0 amide bonds. The van der Waals surface area contributed by atoms with Crippen LogP contribution in [0.4, 0.5) is 0 Å². The Kier molecular flexibility index (Phi) is 2.53. The van der Waals surface area contributed by atoms with E-state index in [9.17, 15) is 0 Å². The van der Waals surface area contributed by atoms with E-state index in [-0.39, 0.29) is 0 Å². The zero-order valence-electron chi connectivity index (χ0n) is 11.1. The van der Waals surface area contributed by atoms with E-state index in [0.29, 0.717) is 0 Å². The van der Waals surface area contributed by atoms with Gasteiger partial charge in [0.2, 0.25) is 0 Å². The van der Waals surface area contributed by atoms with Crippen LogP contribution >= 0.6 is 0 Å². The summed E-state index contributed by atoms with van der Waals surface area (Å²) < 4.78 is 0. The smallest absolute Gasteiger partial charge is 0.00992 e. The van der Waals surface area contributed by atoms with Crippen molar-refractivity contribution in [2.45, 2.75) is 0 Å². The molecular formula is C20H14. The first kappa shape index (κ1) is 11.2. The van der Waals surface area contributed by atoms with Crippen molar-refractivity contribution < 1.29 is 0 Å². The van der Waals surface area contributed by atoms with Crippen molar-refractivity contribution in [2.75, 3.05) is 0 Å². The topological polar surface area (TPSA) is 0 Å². The van der Waals surface area contributed by atoms with Crippen molar-refractivity contribution in [1.29, 1.82) is 0 Å². The minimum atomic E-state index is 1.29. The molecule has 0 radical (unpaired) electrons. The summed E-state index contributed by atoms with van der Waals surface area (Å²) in [4.78, 5) is 0. The Balaban J connectivity index is 2.06. The highest BCUT2D eigenvalue weighted by Crippen LogP contribution is 2.39. The fraction of sp³-hybridized carbons (Fsp3) is 0. The Morgan fingerprint density at radius 3 is 1.15 bits per heavy atom. The van der Waals surface area contributed by atoms with Crippen LogP contribution in [0, 0.1) is 0 Å². The quantitative estimate of drug-likeness (QED) is 0.417. The molecule has 4 aliphatic rings. The first-order chi connectivity index (χ1) is 9.93. The molecule has 4 aliphatic carbocycles. The fourth-order valence-electron chi connectivity index (χ4n) is 2.92. The van der Waals surface area contributed by atoms with Crippen molar-refractivity contribution in [3.63, 3.8) is 0 Å². The summed E-state index contributed by atoms with van der Waals surface area (Å²) >= 11 is 0. The van der Waals surface area contributed by atoms with Crippen molar-refractivity contribution in [3.8, 4) is 33.4 Å². The summed E-state index contributed by atoms with van der Waals surface area (Å²) in [5.74, 6) is 0. The van der Waals surface area contributed by atoms with Gasteiger partial charge in [0.05, 0.1) is 0 Å². The van der Waals surface area contributed by atoms with Gasteiger partial charge in [0.15, 0.2) is 0 Å². The van der Waals surface area contributed by atoms with Gasteiger partial charge in [0, 0.05) is 0 Å². The Bertz CT molecular complexity index is 743. The molecule has 0 aromatic heterocycles. The third kappa shape index (κ3) is 1.70. The van der Waals surface area contributed by atoms with Crippen LogP contribution in [0.3, 0.4) is 0 Å². The van der Waals surface area contributed by atoms with Crippen LogP contribution in [0.25, 0.3) is 33.4 Å². The van der Waals surface area contributed by atoms with Crippen LogP contribution in [-0.4, -0.2) is 0 Å². The zero-order valence-corrected chi connectivity index (χ0v) is 11.1. The molecule has 0 aromatic rings. The summed E-state index contributed by atoms with van der Waals surface area (Å²) in [5.41, 5.74) is 7.78. The van der Waals surface area contributed by atoms with E-state index in [1.807, 2.05) is 0 Å². The summed E-state index contributed by atoms with van der Waals surface area (Å²) in [5, 5.41) is 0. The lowest BCUT2D eigenvalue weighted by Gasteiger charge is -2.07. The highest BCUT2D eigenvalue weighted by atomic mass is 14.2. The lowest BCUT2D eigenvalue weighted by atomic mass is 9.96. The van der Waals surface area contributed by atoms with Gasteiger partial charge in [-0.3, -0.25) is 0 Å². The zero-order chi connectivity index (χ0) is 13.4. The van der Waals surface area contributed by atoms with Crippen molar-refractivity contribution in [1.82, 2.24) is 0 Å². The monoisotopic (exact) mass is 254 g/mol. The predicted octanol–water partition coefficient (Wildman–Crippen LogP) is 5.56. The van der Waals surface area contributed by atoms with Gasteiger partial charge in [-0.15, -0.1) is 0 Å². The van der Waals surface area contributed by atoms with Gasteiger partial charge in [-0.05, 0) is 33.4 Å². The molecule has 0 heteroatoms.